The maximum absolute atomic E-state index is 10.4. The highest BCUT2D eigenvalue weighted by atomic mass is 16.3. The Balaban J connectivity index is 2.30. The summed E-state index contributed by atoms with van der Waals surface area (Å²) in [6.45, 7) is 6.26. The van der Waals surface area contributed by atoms with E-state index in [4.69, 9.17) is 4.42 Å². The third-order valence-corrected chi connectivity index (χ3v) is 3.19. The normalized spacial score (nSPS) is 29.3. The van der Waals surface area contributed by atoms with Gasteiger partial charge in [0.2, 0.25) is 0 Å². The maximum atomic E-state index is 10.4. The number of hydrogen-bond acceptors (Lipinski definition) is 2. The minimum atomic E-state index is -0.826. The fourth-order valence-corrected chi connectivity index (χ4v) is 1.95. The second kappa shape index (κ2) is 3.24. The lowest BCUT2D eigenvalue weighted by molar-refractivity contribution is 0.0575. The Bertz CT molecular complexity index is 387. The second-order valence-electron chi connectivity index (χ2n) is 5.19. The molecule has 0 aliphatic heterocycles. The van der Waals surface area contributed by atoms with E-state index < -0.39 is 5.60 Å². The topological polar surface area (TPSA) is 33.4 Å². The van der Waals surface area contributed by atoms with Crippen molar-refractivity contribution in [2.24, 2.45) is 5.41 Å². The van der Waals surface area contributed by atoms with Crippen LogP contribution in [0.15, 0.2) is 28.9 Å². The first-order valence-corrected chi connectivity index (χ1v) is 5.40. The summed E-state index contributed by atoms with van der Waals surface area (Å²) in [4.78, 5) is 0. The van der Waals surface area contributed by atoms with Crippen LogP contribution in [0.1, 0.15) is 38.0 Å². The van der Waals surface area contributed by atoms with Gasteiger partial charge in [0.25, 0.3) is 0 Å². The number of hydrogen-bond donors (Lipinski definition) is 1. The lowest BCUT2D eigenvalue weighted by Gasteiger charge is -2.34. The van der Waals surface area contributed by atoms with Gasteiger partial charge in [-0.25, -0.2) is 0 Å². The molecular formula is C13H18O2. The van der Waals surface area contributed by atoms with Crippen molar-refractivity contribution in [2.75, 3.05) is 0 Å². The van der Waals surface area contributed by atoms with Crippen molar-refractivity contribution in [3.05, 3.63) is 35.8 Å². The summed E-state index contributed by atoms with van der Waals surface area (Å²) in [6, 6.07) is 1.91. The molecule has 1 aliphatic carbocycles. The van der Waals surface area contributed by atoms with E-state index in [2.05, 4.69) is 19.9 Å². The van der Waals surface area contributed by atoms with Crippen molar-refractivity contribution in [3.8, 4) is 0 Å². The number of aryl methyl sites for hydroxylation is 1. The van der Waals surface area contributed by atoms with Crippen molar-refractivity contribution in [2.45, 2.75) is 39.2 Å². The summed E-state index contributed by atoms with van der Waals surface area (Å²) in [5.74, 6) is 0.844. The average Bonchev–Trinajstić information content (AvgIpc) is 2.59. The molecule has 0 fully saturated rings. The molecule has 0 amide bonds. The zero-order valence-electron chi connectivity index (χ0n) is 9.58. The van der Waals surface area contributed by atoms with Crippen LogP contribution in [0.5, 0.6) is 0 Å². The van der Waals surface area contributed by atoms with Gasteiger partial charge in [-0.05, 0) is 31.2 Å². The van der Waals surface area contributed by atoms with Gasteiger partial charge >= 0.3 is 0 Å². The minimum absolute atomic E-state index is 0.199. The molecule has 1 aromatic rings. The Labute approximate surface area is 90.6 Å². The van der Waals surface area contributed by atoms with E-state index in [1.165, 1.54) is 0 Å². The van der Waals surface area contributed by atoms with Crippen LogP contribution in [0.2, 0.25) is 0 Å². The molecule has 1 aliphatic rings. The third kappa shape index (κ3) is 2.00. The van der Waals surface area contributed by atoms with Crippen molar-refractivity contribution in [1.82, 2.24) is 0 Å². The number of furan rings is 1. The van der Waals surface area contributed by atoms with Crippen LogP contribution >= 0.6 is 0 Å². The Kier molecular flexibility index (Phi) is 2.27. The van der Waals surface area contributed by atoms with Gasteiger partial charge in [-0.3, -0.25) is 0 Å². The molecule has 1 N–H and O–H groups in total. The predicted octanol–water partition coefficient (Wildman–Crippen LogP) is 3.15. The SMILES string of the molecule is Cc1cc(C2(O)C=CC(C)(C)CC2)co1. The number of rotatable bonds is 1. The summed E-state index contributed by atoms with van der Waals surface area (Å²) in [6.07, 6.45) is 7.40. The van der Waals surface area contributed by atoms with Crippen molar-refractivity contribution in [1.29, 1.82) is 0 Å². The molecule has 1 heterocycles. The third-order valence-electron chi connectivity index (χ3n) is 3.19. The van der Waals surface area contributed by atoms with Gasteiger partial charge in [-0.2, -0.15) is 0 Å². The zero-order valence-corrected chi connectivity index (χ0v) is 9.58. The number of allylic oxidation sites excluding steroid dienone is 1. The van der Waals surface area contributed by atoms with Crippen molar-refractivity contribution < 1.29 is 9.52 Å². The summed E-state index contributed by atoms with van der Waals surface area (Å²) in [7, 11) is 0. The molecule has 0 spiro atoms. The molecule has 0 aromatic carbocycles. The fourth-order valence-electron chi connectivity index (χ4n) is 1.95. The standard InChI is InChI=1S/C13H18O2/c1-10-8-11(9-15-10)13(14)6-4-12(2,3)5-7-13/h4,6,8-9,14H,5,7H2,1-3H3. The second-order valence-corrected chi connectivity index (χ2v) is 5.19. The lowest BCUT2D eigenvalue weighted by Crippen LogP contribution is -2.29. The van der Waals surface area contributed by atoms with Crippen LogP contribution < -0.4 is 0 Å². The molecule has 0 bridgehead atoms. The molecule has 1 aromatic heterocycles. The molecule has 82 valence electrons. The van der Waals surface area contributed by atoms with E-state index >= 15 is 0 Å². The van der Waals surface area contributed by atoms with E-state index in [1.807, 2.05) is 19.1 Å². The van der Waals surface area contributed by atoms with Crippen LogP contribution in [0, 0.1) is 12.3 Å². The lowest BCUT2D eigenvalue weighted by atomic mass is 9.75. The van der Waals surface area contributed by atoms with Gasteiger partial charge in [0.1, 0.15) is 11.4 Å². The highest BCUT2D eigenvalue weighted by Gasteiger charge is 2.34. The van der Waals surface area contributed by atoms with Gasteiger partial charge in [-0.15, -0.1) is 0 Å². The smallest absolute Gasteiger partial charge is 0.111 e. The van der Waals surface area contributed by atoms with Crippen molar-refractivity contribution >= 4 is 0 Å². The molecule has 2 heteroatoms. The Morgan fingerprint density at radius 1 is 1.27 bits per heavy atom. The van der Waals surface area contributed by atoms with E-state index in [0.29, 0.717) is 0 Å². The molecule has 1 unspecified atom stereocenters. The molecule has 2 rings (SSSR count). The molecule has 0 saturated heterocycles. The van der Waals surface area contributed by atoms with E-state index in [9.17, 15) is 5.11 Å². The summed E-state index contributed by atoms with van der Waals surface area (Å²) >= 11 is 0. The Hall–Kier alpha value is -1.02. The molecule has 0 saturated carbocycles. The van der Waals surface area contributed by atoms with Crippen LogP contribution in [-0.2, 0) is 5.60 Å². The van der Waals surface area contributed by atoms with E-state index in [0.717, 1.165) is 24.2 Å². The molecular weight excluding hydrogens is 188 g/mol. The quantitative estimate of drug-likeness (QED) is 0.716. The summed E-state index contributed by atoms with van der Waals surface area (Å²) in [5.41, 5.74) is 0.241. The molecule has 1 atom stereocenters. The van der Waals surface area contributed by atoms with Crippen molar-refractivity contribution in [3.63, 3.8) is 0 Å². The first kappa shape index (κ1) is 10.5. The maximum Gasteiger partial charge on any atom is 0.111 e. The predicted molar refractivity (Wildman–Crippen MR) is 59.5 cm³/mol. The van der Waals surface area contributed by atoms with Gasteiger partial charge in [-0.1, -0.05) is 26.0 Å². The van der Waals surface area contributed by atoms with Crippen LogP contribution in [-0.4, -0.2) is 5.11 Å². The number of aliphatic hydroxyl groups is 1. The monoisotopic (exact) mass is 206 g/mol. The highest BCUT2D eigenvalue weighted by molar-refractivity contribution is 5.28. The highest BCUT2D eigenvalue weighted by Crippen LogP contribution is 2.40. The summed E-state index contributed by atoms with van der Waals surface area (Å²) in [5, 5.41) is 10.4. The summed E-state index contributed by atoms with van der Waals surface area (Å²) < 4.78 is 5.24. The largest absolute Gasteiger partial charge is 0.469 e. The molecule has 0 radical (unpaired) electrons. The first-order valence-electron chi connectivity index (χ1n) is 5.40. The Morgan fingerprint density at radius 3 is 2.47 bits per heavy atom. The van der Waals surface area contributed by atoms with Gasteiger partial charge in [0.05, 0.1) is 6.26 Å². The van der Waals surface area contributed by atoms with E-state index in [1.54, 1.807) is 6.26 Å². The van der Waals surface area contributed by atoms with Crippen LogP contribution in [0.3, 0.4) is 0 Å². The molecule has 15 heavy (non-hydrogen) atoms. The van der Waals surface area contributed by atoms with Gasteiger partial charge in [0, 0.05) is 5.56 Å². The minimum Gasteiger partial charge on any atom is -0.469 e. The van der Waals surface area contributed by atoms with Gasteiger partial charge < -0.3 is 9.52 Å². The average molecular weight is 206 g/mol. The van der Waals surface area contributed by atoms with E-state index in [-0.39, 0.29) is 5.41 Å². The zero-order chi connectivity index (χ0) is 11.1. The first-order chi connectivity index (χ1) is 6.91. The van der Waals surface area contributed by atoms with Crippen LogP contribution in [0.4, 0.5) is 0 Å². The molecule has 2 nitrogen and oxygen atoms in total. The van der Waals surface area contributed by atoms with Gasteiger partial charge in [0.15, 0.2) is 0 Å². The van der Waals surface area contributed by atoms with Crippen LogP contribution in [0.25, 0.3) is 0 Å². The Morgan fingerprint density at radius 2 is 2.00 bits per heavy atom. The fraction of sp³-hybridized carbons (Fsp3) is 0.538.